The van der Waals surface area contributed by atoms with Crippen LogP contribution >= 0.6 is 34.9 Å². The number of amides is 1. The standard InChI is InChI=1S/C23H25N5OS3/c1-3-28-20(14-31-23-25-18-11-7-8-12-19(18)32-23)26-27-22(28)30-15-21(29)24-13-16(2)17-9-5-4-6-10-17/h4-12,16H,3,13-15H2,1-2H3,(H,24,29). The molecule has 166 valence electrons. The summed E-state index contributed by atoms with van der Waals surface area (Å²) >= 11 is 4.79. The van der Waals surface area contributed by atoms with E-state index in [1.807, 2.05) is 36.4 Å². The summed E-state index contributed by atoms with van der Waals surface area (Å²) in [4.78, 5) is 17.0. The van der Waals surface area contributed by atoms with E-state index in [-0.39, 0.29) is 11.8 Å². The van der Waals surface area contributed by atoms with E-state index in [1.54, 1.807) is 23.1 Å². The van der Waals surface area contributed by atoms with Gasteiger partial charge >= 0.3 is 0 Å². The Kier molecular flexibility index (Phi) is 7.83. The van der Waals surface area contributed by atoms with Gasteiger partial charge in [0.1, 0.15) is 5.82 Å². The molecule has 0 aliphatic heterocycles. The Morgan fingerprint density at radius 2 is 1.88 bits per heavy atom. The van der Waals surface area contributed by atoms with Crippen molar-refractivity contribution < 1.29 is 4.79 Å². The number of hydrogen-bond donors (Lipinski definition) is 1. The summed E-state index contributed by atoms with van der Waals surface area (Å²) in [7, 11) is 0. The normalized spacial score (nSPS) is 12.2. The van der Waals surface area contributed by atoms with Crippen LogP contribution in [0.1, 0.15) is 31.2 Å². The molecule has 1 atom stereocenters. The molecule has 4 aromatic rings. The minimum atomic E-state index is 0.00818. The van der Waals surface area contributed by atoms with Crippen LogP contribution in [0.5, 0.6) is 0 Å². The third kappa shape index (κ3) is 5.70. The SMILES string of the molecule is CCn1c(CSc2nc3ccccc3s2)nnc1SCC(=O)NCC(C)c1ccccc1. The molecule has 2 heterocycles. The lowest BCUT2D eigenvalue weighted by Gasteiger charge is -2.13. The summed E-state index contributed by atoms with van der Waals surface area (Å²) in [6, 6.07) is 18.4. The van der Waals surface area contributed by atoms with Gasteiger partial charge in [0, 0.05) is 13.1 Å². The lowest BCUT2D eigenvalue weighted by molar-refractivity contribution is -0.118. The fourth-order valence-electron chi connectivity index (χ4n) is 3.24. The molecule has 1 unspecified atom stereocenters. The van der Waals surface area contributed by atoms with Crippen LogP contribution in [-0.2, 0) is 17.1 Å². The van der Waals surface area contributed by atoms with Gasteiger partial charge in [-0.15, -0.1) is 21.5 Å². The van der Waals surface area contributed by atoms with E-state index in [4.69, 9.17) is 0 Å². The predicted octanol–water partition coefficient (Wildman–Crippen LogP) is 5.21. The van der Waals surface area contributed by atoms with Gasteiger partial charge in [-0.3, -0.25) is 4.79 Å². The number of rotatable bonds is 10. The van der Waals surface area contributed by atoms with Crippen molar-refractivity contribution >= 4 is 51.0 Å². The molecule has 0 saturated heterocycles. The smallest absolute Gasteiger partial charge is 0.230 e. The number of fused-ring (bicyclic) bond motifs is 1. The number of nitrogens with zero attached hydrogens (tertiary/aromatic N) is 4. The monoisotopic (exact) mass is 483 g/mol. The van der Waals surface area contributed by atoms with Crippen molar-refractivity contribution in [2.45, 2.75) is 41.6 Å². The topological polar surface area (TPSA) is 72.7 Å². The van der Waals surface area contributed by atoms with Gasteiger partial charge in [0.2, 0.25) is 5.91 Å². The first kappa shape index (κ1) is 22.8. The molecule has 2 aromatic heterocycles. The Hall–Kier alpha value is -2.36. The number of nitrogens with one attached hydrogen (secondary N) is 1. The molecule has 0 saturated carbocycles. The summed E-state index contributed by atoms with van der Waals surface area (Å²) in [6.45, 7) is 5.57. The van der Waals surface area contributed by atoms with Crippen LogP contribution in [0.4, 0.5) is 0 Å². The second-order valence-corrected chi connectivity index (χ2v) is 10.5. The van der Waals surface area contributed by atoms with Gasteiger partial charge in [0.05, 0.1) is 21.7 Å². The van der Waals surface area contributed by atoms with Gasteiger partial charge in [-0.05, 0) is 30.5 Å². The minimum Gasteiger partial charge on any atom is -0.355 e. The van der Waals surface area contributed by atoms with Crippen LogP contribution in [0, 0.1) is 0 Å². The van der Waals surface area contributed by atoms with Gasteiger partial charge in [0.15, 0.2) is 9.50 Å². The van der Waals surface area contributed by atoms with Crippen molar-refractivity contribution in [3.8, 4) is 0 Å². The first-order valence-corrected chi connectivity index (χ1v) is 13.3. The number of thiazole rings is 1. The molecule has 0 bridgehead atoms. The van der Waals surface area contributed by atoms with Crippen molar-refractivity contribution in [1.82, 2.24) is 25.1 Å². The summed E-state index contributed by atoms with van der Waals surface area (Å²) in [5, 5.41) is 12.5. The Labute approximate surface area is 200 Å². The van der Waals surface area contributed by atoms with Crippen molar-refractivity contribution in [3.05, 3.63) is 66.0 Å². The van der Waals surface area contributed by atoms with Gasteiger partial charge in [-0.2, -0.15) is 0 Å². The largest absolute Gasteiger partial charge is 0.355 e. The van der Waals surface area contributed by atoms with E-state index < -0.39 is 0 Å². The molecule has 6 nitrogen and oxygen atoms in total. The van der Waals surface area contributed by atoms with Gasteiger partial charge < -0.3 is 9.88 Å². The minimum absolute atomic E-state index is 0.00818. The number of benzene rings is 2. The number of thioether (sulfide) groups is 2. The maximum Gasteiger partial charge on any atom is 0.230 e. The van der Waals surface area contributed by atoms with Crippen LogP contribution in [0.3, 0.4) is 0 Å². The molecule has 4 rings (SSSR count). The zero-order valence-corrected chi connectivity index (χ0v) is 20.5. The molecule has 1 N–H and O–H groups in total. The number of para-hydroxylation sites is 1. The zero-order valence-electron chi connectivity index (χ0n) is 18.0. The predicted molar refractivity (Wildman–Crippen MR) is 133 cm³/mol. The van der Waals surface area contributed by atoms with E-state index in [2.05, 4.69) is 57.1 Å². The Balaban J connectivity index is 1.29. The van der Waals surface area contributed by atoms with Gasteiger partial charge in [0.25, 0.3) is 0 Å². The first-order chi connectivity index (χ1) is 15.6. The van der Waals surface area contributed by atoms with Gasteiger partial charge in [-0.25, -0.2) is 4.98 Å². The molecule has 0 radical (unpaired) electrons. The number of hydrogen-bond acceptors (Lipinski definition) is 7. The summed E-state index contributed by atoms with van der Waals surface area (Å²) in [5.74, 6) is 2.20. The van der Waals surface area contributed by atoms with Crippen molar-refractivity contribution in [2.75, 3.05) is 12.3 Å². The molecule has 0 aliphatic carbocycles. The molecular formula is C23H25N5OS3. The maximum atomic E-state index is 12.4. The molecule has 1 amide bonds. The summed E-state index contributed by atoms with van der Waals surface area (Å²) in [6.07, 6.45) is 0. The van der Waals surface area contributed by atoms with E-state index in [9.17, 15) is 4.79 Å². The average molecular weight is 484 g/mol. The Morgan fingerprint density at radius 3 is 2.66 bits per heavy atom. The van der Waals surface area contributed by atoms with Crippen LogP contribution in [0.25, 0.3) is 10.2 Å². The highest BCUT2D eigenvalue weighted by atomic mass is 32.2. The van der Waals surface area contributed by atoms with E-state index in [0.29, 0.717) is 18.1 Å². The molecular weight excluding hydrogens is 458 g/mol. The molecule has 0 spiro atoms. The van der Waals surface area contributed by atoms with E-state index >= 15 is 0 Å². The Morgan fingerprint density at radius 1 is 1.09 bits per heavy atom. The number of carbonyl (C=O) groups excluding carboxylic acids is 1. The van der Waals surface area contributed by atoms with E-state index in [1.165, 1.54) is 22.0 Å². The lowest BCUT2D eigenvalue weighted by atomic mass is 10.0. The average Bonchev–Trinajstić information content (AvgIpc) is 3.43. The number of carbonyl (C=O) groups is 1. The second-order valence-electron chi connectivity index (χ2n) is 7.28. The lowest BCUT2D eigenvalue weighted by Crippen LogP contribution is -2.29. The van der Waals surface area contributed by atoms with Crippen molar-refractivity contribution in [3.63, 3.8) is 0 Å². The molecule has 32 heavy (non-hydrogen) atoms. The van der Waals surface area contributed by atoms with Crippen molar-refractivity contribution in [1.29, 1.82) is 0 Å². The van der Waals surface area contributed by atoms with E-state index in [0.717, 1.165) is 27.4 Å². The summed E-state index contributed by atoms with van der Waals surface area (Å²) < 4.78 is 4.29. The fraction of sp³-hybridized carbons (Fsp3) is 0.304. The fourth-order valence-corrected chi connectivity index (χ4v) is 6.10. The van der Waals surface area contributed by atoms with Crippen LogP contribution < -0.4 is 5.32 Å². The summed E-state index contributed by atoms with van der Waals surface area (Å²) in [5.41, 5.74) is 2.25. The second kappa shape index (κ2) is 11.0. The first-order valence-electron chi connectivity index (χ1n) is 10.5. The quantitative estimate of drug-likeness (QED) is 0.312. The van der Waals surface area contributed by atoms with Crippen LogP contribution in [0.2, 0.25) is 0 Å². The third-order valence-electron chi connectivity index (χ3n) is 5.02. The maximum absolute atomic E-state index is 12.4. The molecule has 2 aromatic carbocycles. The molecule has 0 aliphatic rings. The zero-order chi connectivity index (χ0) is 22.3. The highest BCUT2D eigenvalue weighted by Gasteiger charge is 2.15. The Bertz CT molecular complexity index is 1140. The third-order valence-corrected chi connectivity index (χ3v) is 8.16. The molecule has 0 fully saturated rings. The number of aromatic nitrogens is 4. The van der Waals surface area contributed by atoms with Crippen LogP contribution in [-0.4, -0.2) is 38.0 Å². The molecule has 9 heteroatoms. The highest BCUT2D eigenvalue weighted by Crippen LogP contribution is 2.31. The van der Waals surface area contributed by atoms with Gasteiger partial charge in [-0.1, -0.05) is 72.9 Å². The van der Waals surface area contributed by atoms with Crippen molar-refractivity contribution in [2.24, 2.45) is 0 Å². The van der Waals surface area contributed by atoms with Crippen LogP contribution in [0.15, 0.2) is 64.1 Å². The highest BCUT2D eigenvalue weighted by molar-refractivity contribution is 8.00.